The molecular weight excluding hydrogens is 419 g/mol. The molecule has 0 radical (unpaired) electrons. The first-order chi connectivity index (χ1) is 14.7. The molecule has 1 aliphatic heterocycles. The summed E-state index contributed by atoms with van der Waals surface area (Å²) in [6, 6.07) is 17.0. The van der Waals surface area contributed by atoms with E-state index in [-0.39, 0.29) is 11.4 Å². The Kier molecular flexibility index (Phi) is 5.41. The molecule has 31 heavy (non-hydrogen) atoms. The third kappa shape index (κ3) is 4.25. The summed E-state index contributed by atoms with van der Waals surface area (Å²) in [6.45, 7) is 3.53. The smallest absolute Gasteiger partial charge is 0.267 e. The molecular formula is C23H21FN2O4S. The fraction of sp³-hybridized carbons (Fsp3) is 0.174. The molecule has 0 aliphatic carbocycles. The minimum atomic E-state index is -3.93. The summed E-state index contributed by atoms with van der Waals surface area (Å²) >= 11 is 0. The highest BCUT2D eigenvalue weighted by atomic mass is 32.2. The van der Waals surface area contributed by atoms with Crippen molar-refractivity contribution >= 4 is 27.3 Å². The minimum Gasteiger partial charge on any atom is -0.476 e. The summed E-state index contributed by atoms with van der Waals surface area (Å²) in [5, 5.41) is 2.65. The number of anilines is 2. The van der Waals surface area contributed by atoms with Gasteiger partial charge in [-0.15, -0.1) is 0 Å². The van der Waals surface area contributed by atoms with Crippen LogP contribution in [0.1, 0.15) is 11.1 Å². The topological polar surface area (TPSA) is 75.7 Å². The molecule has 8 heteroatoms. The van der Waals surface area contributed by atoms with Crippen LogP contribution in [0.5, 0.6) is 5.75 Å². The number of rotatable bonds is 4. The number of nitrogens with zero attached hydrogens (tertiary/aromatic N) is 1. The van der Waals surface area contributed by atoms with Gasteiger partial charge >= 0.3 is 0 Å². The number of benzene rings is 3. The predicted molar refractivity (Wildman–Crippen MR) is 116 cm³/mol. The molecule has 6 nitrogen and oxygen atoms in total. The van der Waals surface area contributed by atoms with Gasteiger partial charge in [0.2, 0.25) is 0 Å². The van der Waals surface area contributed by atoms with E-state index in [0.717, 1.165) is 11.1 Å². The van der Waals surface area contributed by atoms with E-state index >= 15 is 0 Å². The monoisotopic (exact) mass is 440 g/mol. The van der Waals surface area contributed by atoms with Gasteiger partial charge in [0.25, 0.3) is 15.9 Å². The van der Waals surface area contributed by atoms with Crippen LogP contribution in [0.3, 0.4) is 0 Å². The van der Waals surface area contributed by atoms with E-state index in [1.165, 1.54) is 28.6 Å². The van der Waals surface area contributed by atoms with E-state index in [2.05, 4.69) is 5.32 Å². The maximum atomic E-state index is 13.4. The lowest BCUT2D eigenvalue weighted by molar-refractivity contribution is -0.122. The van der Waals surface area contributed by atoms with Gasteiger partial charge in [-0.2, -0.15) is 0 Å². The van der Waals surface area contributed by atoms with Gasteiger partial charge < -0.3 is 10.1 Å². The Morgan fingerprint density at radius 2 is 1.65 bits per heavy atom. The van der Waals surface area contributed by atoms with Crippen LogP contribution in [-0.2, 0) is 14.8 Å². The summed E-state index contributed by atoms with van der Waals surface area (Å²) in [7, 11) is -3.93. The van der Waals surface area contributed by atoms with Gasteiger partial charge in [0.05, 0.1) is 17.1 Å². The van der Waals surface area contributed by atoms with E-state index in [1.54, 1.807) is 42.5 Å². The van der Waals surface area contributed by atoms with Crippen LogP contribution in [0, 0.1) is 19.7 Å². The van der Waals surface area contributed by atoms with Crippen molar-refractivity contribution in [2.24, 2.45) is 0 Å². The minimum absolute atomic E-state index is 0.129. The van der Waals surface area contributed by atoms with Crippen LogP contribution in [0.4, 0.5) is 15.8 Å². The Bertz CT molecular complexity index is 1230. The molecule has 0 fully saturated rings. The molecule has 4 rings (SSSR count). The average molecular weight is 440 g/mol. The van der Waals surface area contributed by atoms with Gasteiger partial charge in [-0.1, -0.05) is 23.8 Å². The summed E-state index contributed by atoms with van der Waals surface area (Å²) in [5.41, 5.74) is 2.56. The van der Waals surface area contributed by atoms with E-state index in [9.17, 15) is 17.6 Å². The summed E-state index contributed by atoms with van der Waals surface area (Å²) in [5.74, 6) is -0.643. The molecule has 1 amide bonds. The van der Waals surface area contributed by atoms with Gasteiger partial charge in [-0.3, -0.25) is 9.10 Å². The maximum absolute atomic E-state index is 13.4. The third-order valence-corrected chi connectivity index (χ3v) is 6.79. The standard InChI is InChI=1S/C23H21FN2O4S/c1-15-3-10-19(11-4-15)31(28,29)26-14-22(30-21-13-16(2)5-12-20(21)26)23(27)25-18-8-6-17(24)7-9-18/h3-13,22H,14H2,1-2H3,(H,25,27)/t22-/m1/s1. The van der Waals surface area contributed by atoms with Crippen molar-refractivity contribution in [2.75, 3.05) is 16.2 Å². The van der Waals surface area contributed by atoms with Crippen molar-refractivity contribution in [3.05, 3.63) is 83.7 Å². The molecule has 0 bridgehead atoms. The lowest BCUT2D eigenvalue weighted by Crippen LogP contribution is -2.48. The van der Waals surface area contributed by atoms with Crippen molar-refractivity contribution in [3.63, 3.8) is 0 Å². The molecule has 0 saturated heterocycles. The lowest BCUT2D eigenvalue weighted by atomic mass is 10.1. The number of nitrogens with one attached hydrogen (secondary N) is 1. The van der Waals surface area contributed by atoms with Crippen LogP contribution in [0.15, 0.2) is 71.6 Å². The summed E-state index contributed by atoms with van der Waals surface area (Å²) < 4.78 is 47.0. The zero-order chi connectivity index (χ0) is 22.2. The van der Waals surface area contributed by atoms with Crippen molar-refractivity contribution in [1.29, 1.82) is 0 Å². The van der Waals surface area contributed by atoms with E-state index in [4.69, 9.17) is 4.74 Å². The normalized spacial score (nSPS) is 15.7. The second kappa shape index (κ2) is 8.03. The molecule has 160 valence electrons. The fourth-order valence-corrected chi connectivity index (χ4v) is 4.79. The van der Waals surface area contributed by atoms with E-state index < -0.39 is 27.9 Å². The highest BCUT2D eigenvalue weighted by Crippen LogP contribution is 2.38. The number of hydrogen-bond acceptors (Lipinski definition) is 4. The molecule has 0 aromatic heterocycles. The van der Waals surface area contributed by atoms with Crippen LogP contribution in [-0.4, -0.2) is 27.0 Å². The quantitative estimate of drug-likeness (QED) is 0.665. The SMILES string of the molecule is Cc1ccc(S(=O)(=O)N2C[C@H](C(=O)Nc3ccc(F)cc3)Oc3cc(C)ccc32)cc1. The fourth-order valence-electron chi connectivity index (χ4n) is 3.32. The van der Waals surface area contributed by atoms with Crippen molar-refractivity contribution < 1.29 is 22.3 Å². The number of carbonyl (C=O) groups excluding carboxylic acids is 1. The molecule has 0 spiro atoms. The Morgan fingerprint density at radius 3 is 2.32 bits per heavy atom. The maximum Gasteiger partial charge on any atom is 0.267 e. The summed E-state index contributed by atoms with van der Waals surface area (Å²) in [6.07, 6.45) is -1.08. The first kappa shape index (κ1) is 20.9. The third-order valence-electron chi connectivity index (χ3n) is 5.00. The number of fused-ring (bicyclic) bond motifs is 1. The second-order valence-electron chi connectivity index (χ2n) is 7.42. The molecule has 1 heterocycles. The van der Waals surface area contributed by atoms with Gasteiger partial charge in [-0.25, -0.2) is 12.8 Å². The second-order valence-corrected chi connectivity index (χ2v) is 9.29. The van der Waals surface area contributed by atoms with Crippen molar-refractivity contribution in [3.8, 4) is 5.75 Å². The molecule has 0 unspecified atom stereocenters. The first-order valence-electron chi connectivity index (χ1n) is 9.67. The number of ether oxygens (including phenoxy) is 1. The predicted octanol–water partition coefficient (Wildman–Crippen LogP) is 4.04. The van der Waals surface area contributed by atoms with Crippen LogP contribution >= 0.6 is 0 Å². The number of carbonyl (C=O) groups is 1. The molecule has 1 aliphatic rings. The number of hydrogen-bond donors (Lipinski definition) is 1. The molecule has 1 N–H and O–H groups in total. The van der Waals surface area contributed by atoms with E-state index in [0.29, 0.717) is 17.1 Å². The Hall–Kier alpha value is -3.39. The summed E-state index contributed by atoms with van der Waals surface area (Å²) in [4.78, 5) is 13.0. The van der Waals surface area contributed by atoms with Gasteiger partial charge in [0.15, 0.2) is 6.10 Å². The largest absolute Gasteiger partial charge is 0.476 e. The van der Waals surface area contributed by atoms with Crippen molar-refractivity contribution in [1.82, 2.24) is 0 Å². The molecule has 0 saturated carbocycles. The molecule has 3 aromatic rings. The lowest BCUT2D eigenvalue weighted by Gasteiger charge is -2.35. The number of amides is 1. The van der Waals surface area contributed by atoms with Gasteiger partial charge in [-0.05, 0) is 67.9 Å². The van der Waals surface area contributed by atoms with Crippen molar-refractivity contribution in [2.45, 2.75) is 24.8 Å². The molecule has 1 atom stereocenters. The van der Waals surface area contributed by atoms with Crippen LogP contribution in [0.25, 0.3) is 0 Å². The Morgan fingerprint density at radius 1 is 1.00 bits per heavy atom. The highest BCUT2D eigenvalue weighted by Gasteiger charge is 2.37. The highest BCUT2D eigenvalue weighted by molar-refractivity contribution is 7.92. The van der Waals surface area contributed by atoms with Crippen LogP contribution < -0.4 is 14.4 Å². The average Bonchev–Trinajstić information content (AvgIpc) is 2.74. The number of halogens is 1. The number of sulfonamides is 1. The Balaban J connectivity index is 1.69. The molecule has 3 aromatic carbocycles. The number of aryl methyl sites for hydroxylation is 2. The zero-order valence-electron chi connectivity index (χ0n) is 17.0. The van der Waals surface area contributed by atoms with Gasteiger partial charge in [0.1, 0.15) is 11.6 Å². The Labute approximate surface area is 180 Å². The van der Waals surface area contributed by atoms with Gasteiger partial charge in [0, 0.05) is 5.69 Å². The van der Waals surface area contributed by atoms with Crippen LogP contribution in [0.2, 0.25) is 0 Å². The van der Waals surface area contributed by atoms with E-state index in [1.807, 2.05) is 13.8 Å². The first-order valence-corrected chi connectivity index (χ1v) is 11.1. The zero-order valence-corrected chi connectivity index (χ0v) is 17.8.